The van der Waals surface area contributed by atoms with Crippen LogP contribution in [0.3, 0.4) is 0 Å². The summed E-state index contributed by atoms with van der Waals surface area (Å²) in [4.78, 5) is 11.4. The number of carbonyl (C=O) groups excluding carboxylic acids is 1. The molecule has 0 unspecified atom stereocenters. The molecule has 0 fully saturated rings. The van der Waals surface area contributed by atoms with E-state index in [1.165, 1.54) is 5.56 Å². The van der Waals surface area contributed by atoms with E-state index < -0.39 is 0 Å². The summed E-state index contributed by atoms with van der Waals surface area (Å²) in [7, 11) is 0. The molecule has 4 nitrogen and oxygen atoms in total. The fourth-order valence-electron chi connectivity index (χ4n) is 1.71. The van der Waals surface area contributed by atoms with Gasteiger partial charge in [-0.25, -0.2) is 0 Å². The quantitative estimate of drug-likeness (QED) is 0.718. The zero-order valence-electron chi connectivity index (χ0n) is 12.9. The van der Waals surface area contributed by atoms with Gasteiger partial charge in [-0.1, -0.05) is 26.0 Å². The number of amides is 1. The van der Waals surface area contributed by atoms with Crippen LogP contribution in [0.2, 0.25) is 0 Å². The molecule has 0 bridgehead atoms. The second-order valence-electron chi connectivity index (χ2n) is 5.44. The molecule has 0 spiro atoms. The van der Waals surface area contributed by atoms with Crippen LogP contribution in [0.4, 0.5) is 0 Å². The van der Waals surface area contributed by atoms with Gasteiger partial charge in [-0.15, -0.1) is 0 Å². The minimum atomic E-state index is 0.0415. The summed E-state index contributed by atoms with van der Waals surface area (Å²) in [5.74, 6) is 1.03. The molecule has 2 N–H and O–H groups in total. The van der Waals surface area contributed by atoms with Gasteiger partial charge in [0.15, 0.2) is 0 Å². The Morgan fingerprint density at radius 1 is 1.20 bits per heavy atom. The number of carbonyl (C=O) groups is 1. The summed E-state index contributed by atoms with van der Waals surface area (Å²) in [6.45, 7) is 10.00. The minimum absolute atomic E-state index is 0.0415. The van der Waals surface area contributed by atoms with Gasteiger partial charge in [0, 0.05) is 25.6 Å². The van der Waals surface area contributed by atoms with Crippen molar-refractivity contribution in [3.8, 4) is 5.75 Å². The van der Waals surface area contributed by atoms with Gasteiger partial charge in [-0.05, 0) is 31.5 Å². The fourth-order valence-corrected chi connectivity index (χ4v) is 1.71. The molecule has 0 aliphatic rings. The lowest BCUT2D eigenvalue weighted by Crippen LogP contribution is -2.34. The van der Waals surface area contributed by atoms with Gasteiger partial charge in [0.2, 0.25) is 5.91 Å². The number of hydrogen-bond acceptors (Lipinski definition) is 3. The Balaban J connectivity index is 2.26. The fraction of sp³-hybridized carbons (Fsp3) is 0.562. The molecular weight excluding hydrogens is 252 g/mol. The highest BCUT2D eigenvalue weighted by atomic mass is 16.5. The van der Waals surface area contributed by atoms with Crippen LogP contribution >= 0.6 is 0 Å². The van der Waals surface area contributed by atoms with Crippen LogP contribution < -0.4 is 15.4 Å². The standard InChI is InChI=1S/C16H26N2O2/c1-12(2)16(19)18-9-8-17-11-14-6-5-7-15(10-14)20-13(3)4/h5-7,10,12-13,17H,8-9,11H2,1-4H3,(H,18,19). The highest BCUT2D eigenvalue weighted by molar-refractivity contribution is 5.77. The maximum atomic E-state index is 11.4. The van der Waals surface area contributed by atoms with Crippen LogP contribution in [0, 0.1) is 5.92 Å². The molecule has 0 atom stereocenters. The second kappa shape index (κ2) is 8.59. The van der Waals surface area contributed by atoms with Gasteiger partial charge in [0.1, 0.15) is 5.75 Å². The van der Waals surface area contributed by atoms with E-state index >= 15 is 0 Å². The predicted molar refractivity (Wildman–Crippen MR) is 81.8 cm³/mol. The number of ether oxygens (including phenoxy) is 1. The highest BCUT2D eigenvalue weighted by Crippen LogP contribution is 2.14. The molecule has 0 aliphatic heterocycles. The van der Waals surface area contributed by atoms with Crippen molar-refractivity contribution in [3.63, 3.8) is 0 Å². The Bertz CT molecular complexity index is 417. The normalized spacial score (nSPS) is 10.9. The summed E-state index contributed by atoms with van der Waals surface area (Å²) < 4.78 is 5.66. The molecule has 0 saturated carbocycles. The number of rotatable bonds is 8. The van der Waals surface area contributed by atoms with Crippen molar-refractivity contribution in [3.05, 3.63) is 29.8 Å². The van der Waals surface area contributed by atoms with Gasteiger partial charge in [0.05, 0.1) is 6.10 Å². The van der Waals surface area contributed by atoms with Crippen LogP contribution in [0.15, 0.2) is 24.3 Å². The Hall–Kier alpha value is -1.55. The van der Waals surface area contributed by atoms with Crippen molar-refractivity contribution in [2.24, 2.45) is 5.92 Å². The first-order valence-electron chi connectivity index (χ1n) is 7.23. The largest absolute Gasteiger partial charge is 0.491 e. The van der Waals surface area contributed by atoms with Crippen molar-refractivity contribution in [2.75, 3.05) is 13.1 Å². The van der Waals surface area contributed by atoms with Gasteiger partial charge in [-0.3, -0.25) is 4.79 Å². The van der Waals surface area contributed by atoms with E-state index in [-0.39, 0.29) is 17.9 Å². The summed E-state index contributed by atoms with van der Waals surface area (Å²) >= 11 is 0. The summed E-state index contributed by atoms with van der Waals surface area (Å²) in [6, 6.07) is 8.06. The Morgan fingerprint density at radius 3 is 2.60 bits per heavy atom. The molecule has 1 amide bonds. The zero-order valence-corrected chi connectivity index (χ0v) is 12.9. The van der Waals surface area contributed by atoms with Crippen LogP contribution in [-0.4, -0.2) is 25.1 Å². The molecule has 112 valence electrons. The average Bonchev–Trinajstić information content (AvgIpc) is 2.37. The molecule has 0 radical (unpaired) electrons. The van der Waals surface area contributed by atoms with Crippen molar-refractivity contribution in [2.45, 2.75) is 40.3 Å². The average molecular weight is 278 g/mol. The van der Waals surface area contributed by atoms with Crippen molar-refractivity contribution < 1.29 is 9.53 Å². The topological polar surface area (TPSA) is 50.4 Å². The van der Waals surface area contributed by atoms with E-state index in [4.69, 9.17) is 4.74 Å². The van der Waals surface area contributed by atoms with Crippen molar-refractivity contribution in [1.29, 1.82) is 0 Å². The summed E-state index contributed by atoms with van der Waals surface area (Å²) in [6.07, 6.45) is 0.185. The van der Waals surface area contributed by atoms with E-state index in [0.717, 1.165) is 18.8 Å². The summed E-state index contributed by atoms with van der Waals surface area (Å²) in [5.41, 5.74) is 1.18. The Morgan fingerprint density at radius 2 is 1.95 bits per heavy atom. The van der Waals surface area contributed by atoms with E-state index in [0.29, 0.717) is 6.54 Å². The van der Waals surface area contributed by atoms with Crippen LogP contribution in [0.5, 0.6) is 5.75 Å². The van der Waals surface area contributed by atoms with Gasteiger partial charge in [0.25, 0.3) is 0 Å². The molecule has 0 heterocycles. The third-order valence-corrected chi connectivity index (χ3v) is 2.72. The maximum Gasteiger partial charge on any atom is 0.222 e. The highest BCUT2D eigenvalue weighted by Gasteiger charge is 2.04. The Labute approximate surface area is 121 Å². The molecule has 0 aromatic heterocycles. The molecule has 0 aliphatic carbocycles. The monoisotopic (exact) mass is 278 g/mol. The van der Waals surface area contributed by atoms with E-state index in [1.807, 2.05) is 45.9 Å². The van der Waals surface area contributed by atoms with Gasteiger partial charge < -0.3 is 15.4 Å². The smallest absolute Gasteiger partial charge is 0.222 e. The first-order chi connectivity index (χ1) is 9.49. The minimum Gasteiger partial charge on any atom is -0.491 e. The molecule has 4 heteroatoms. The van der Waals surface area contributed by atoms with E-state index in [9.17, 15) is 4.79 Å². The maximum absolute atomic E-state index is 11.4. The lowest BCUT2D eigenvalue weighted by atomic mass is 10.2. The Kier molecular flexibility index (Phi) is 7.09. The number of benzene rings is 1. The molecule has 1 aromatic rings. The SMILES string of the molecule is CC(C)Oc1cccc(CNCCNC(=O)C(C)C)c1. The van der Waals surface area contributed by atoms with E-state index in [2.05, 4.69) is 16.7 Å². The third-order valence-electron chi connectivity index (χ3n) is 2.72. The van der Waals surface area contributed by atoms with E-state index in [1.54, 1.807) is 0 Å². The van der Waals surface area contributed by atoms with Crippen LogP contribution in [0.25, 0.3) is 0 Å². The first-order valence-corrected chi connectivity index (χ1v) is 7.23. The molecule has 0 saturated heterocycles. The zero-order chi connectivity index (χ0) is 15.0. The van der Waals surface area contributed by atoms with Gasteiger partial charge in [-0.2, -0.15) is 0 Å². The lowest BCUT2D eigenvalue weighted by Gasteiger charge is -2.12. The number of hydrogen-bond donors (Lipinski definition) is 2. The molecule has 20 heavy (non-hydrogen) atoms. The van der Waals surface area contributed by atoms with Gasteiger partial charge >= 0.3 is 0 Å². The first kappa shape index (κ1) is 16.5. The van der Waals surface area contributed by atoms with Crippen LogP contribution in [0.1, 0.15) is 33.3 Å². The van der Waals surface area contributed by atoms with Crippen molar-refractivity contribution in [1.82, 2.24) is 10.6 Å². The lowest BCUT2D eigenvalue weighted by molar-refractivity contribution is -0.123. The second-order valence-corrected chi connectivity index (χ2v) is 5.44. The third kappa shape index (κ3) is 6.57. The summed E-state index contributed by atoms with van der Waals surface area (Å²) in [5, 5.41) is 6.19. The molecular formula is C16H26N2O2. The van der Waals surface area contributed by atoms with Crippen molar-refractivity contribution >= 4 is 5.91 Å². The number of nitrogens with one attached hydrogen (secondary N) is 2. The molecule has 1 aromatic carbocycles. The molecule has 1 rings (SSSR count). The van der Waals surface area contributed by atoms with Crippen LogP contribution in [-0.2, 0) is 11.3 Å². The predicted octanol–water partition coefficient (Wildman–Crippen LogP) is 2.34.